The number of hydrogen-bond acceptors (Lipinski definition) is 9. The first-order valence-electron chi connectivity index (χ1n) is 8.40. The standard InChI is InChI=1S/C18H14N6O5S/c1-12(25)22(14-5-3-2-4-6-14)18-20-13(11-30-18)10-19-21-16-8-7-15(23(26)27)9-17(16)24(28)29/h2-11,21H,1H3/b19-10+. The predicted octanol–water partition coefficient (Wildman–Crippen LogP) is 4.09. The van der Waals surface area contributed by atoms with E-state index < -0.39 is 21.2 Å². The lowest BCUT2D eigenvalue weighted by Gasteiger charge is -2.17. The van der Waals surface area contributed by atoms with Gasteiger partial charge < -0.3 is 0 Å². The number of carbonyl (C=O) groups excluding carboxylic acids is 1. The highest BCUT2D eigenvalue weighted by molar-refractivity contribution is 7.14. The van der Waals surface area contributed by atoms with Gasteiger partial charge in [-0.05, 0) is 18.2 Å². The largest absolute Gasteiger partial charge is 0.301 e. The van der Waals surface area contributed by atoms with E-state index in [4.69, 9.17) is 0 Å². The van der Waals surface area contributed by atoms with E-state index >= 15 is 0 Å². The number of thiazole rings is 1. The quantitative estimate of drug-likeness (QED) is 0.340. The highest BCUT2D eigenvalue weighted by atomic mass is 32.1. The van der Waals surface area contributed by atoms with Crippen molar-refractivity contribution in [3.05, 3.63) is 79.8 Å². The van der Waals surface area contributed by atoms with E-state index in [9.17, 15) is 25.0 Å². The Morgan fingerprint density at radius 1 is 1.17 bits per heavy atom. The third-order valence-corrected chi connectivity index (χ3v) is 4.65. The normalized spacial score (nSPS) is 10.7. The zero-order valence-electron chi connectivity index (χ0n) is 15.5. The van der Waals surface area contributed by atoms with Crippen LogP contribution in [0.2, 0.25) is 0 Å². The molecule has 0 unspecified atom stereocenters. The maximum atomic E-state index is 12.1. The molecule has 0 aliphatic carbocycles. The number of nitrogens with zero attached hydrogens (tertiary/aromatic N) is 5. The molecule has 0 saturated carbocycles. The molecule has 30 heavy (non-hydrogen) atoms. The second-order valence-electron chi connectivity index (χ2n) is 5.83. The Labute approximate surface area is 173 Å². The Balaban J connectivity index is 1.79. The van der Waals surface area contributed by atoms with Crippen LogP contribution in [0.1, 0.15) is 12.6 Å². The summed E-state index contributed by atoms with van der Waals surface area (Å²) in [5.74, 6) is -0.210. The molecule has 0 bridgehead atoms. The number of nitro benzene ring substituents is 2. The van der Waals surface area contributed by atoms with Crippen LogP contribution in [-0.2, 0) is 4.79 Å². The summed E-state index contributed by atoms with van der Waals surface area (Å²) in [6.45, 7) is 1.43. The van der Waals surface area contributed by atoms with Crippen LogP contribution in [-0.4, -0.2) is 27.0 Å². The molecule has 3 rings (SSSR count). The number of benzene rings is 2. The van der Waals surface area contributed by atoms with Crippen molar-refractivity contribution in [2.24, 2.45) is 5.10 Å². The molecule has 0 saturated heterocycles. The van der Waals surface area contributed by atoms with Gasteiger partial charge in [-0.3, -0.25) is 35.3 Å². The molecule has 0 spiro atoms. The maximum Gasteiger partial charge on any atom is 0.301 e. The first-order valence-corrected chi connectivity index (χ1v) is 9.28. The topological polar surface area (TPSA) is 144 Å². The minimum Gasteiger partial charge on any atom is -0.274 e. The maximum absolute atomic E-state index is 12.1. The number of non-ortho nitro benzene ring substituents is 1. The Morgan fingerprint density at radius 2 is 1.90 bits per heavy atom. The molecule has 2 aromatic carbocycles. The smallest absolute Gasteiger partial charge is 0.274 e. The summed E-state index contributed by atoms with van der Waals surface area (Å²) in [4.78, 5) is 38.3. The van der Waals surface area contributed by atoms with Crippen molar-refractivity contribution in [3.63, 3.8) is 0 Å². The molecule has 12 heteroatoms. The summed E-state index contributed by atoms with van der Waals surface area (Å²) in [6, 6.07) is 12.2. The van der Waals surface area contributed by atoms with Crippen molar-refractivity contribution in [2.75, 3.05) is 10.3 Å². The van der Waals surface area contributed by atoms with Gasteiger partial charge in [-0.2, -0.15) is 5.10 Å². The second-order valence-corrected chi connectivity index (χ2v) is 6.67. The summed E-state index contributed by atoms with van der Waals surface area (Å²) >= 11 is 1.23. The lowest BCUT2D eigenvalue weighted by atomic mass is 10.2. The number of aromatic nitrogens is 1. The third-order valence-electron chi connectivity index (χ3n) is 3.80. The lowest BCUT2D eigenvalue weighted by molar-refractivity contribution is -0.393. The van der Waals surface area contributed by atoms with Gasteiger partial charge in [0, 0.05) is 18.4 Å². The number of anilines is 3. The zero-order valence-corrected chi connectivity index (χ0v) is 16.3. The molecule has 1 amide bonds. The van der Waals surface area contributed by atoms with Crippen molar-refractivity contribution in [1.29, 1.82) is 0 Å². The number of hydrazone groups is 1. The van der Waals surface area contributed by atoms with E-state index in [-0.39, 0.29) is 11.6 Å². The van der Waals surface area contributed by atoms with Gasteiger partial charge in [-0.15, -0.1) is 11.3 Å². The molecular formula is C18H14N6O5S. The molecule has 0 radical (unpaired) electrons. The Bertz CT molecular complexity index is 1130. The minimum atomic E-state index is -0.740. The highest BCUT2D eigenvalue weighted by Gasteiger charge is 2.19. The highest BCUT2D eigenvalue weighted by Crippen LogP contribution is 2.30. The molecule has 0 aliphatic rings. The number of para-hydroxylation sites is 1. The lowest BCUT2D eigenvalue weighted by Crippen LogP contribution is -2.22. The fourth-order valence-corrected chi connectivity index (χ4v) is 3.33. The number of hydrogen-bond donors (Lipinski definition) is 1. The van der Waals surface area contributed by atoms with E-state index in [1.54, 1.807) is 17.5 Å². The van der Waals surface area contributed by atoms with Crippen molar-refractivity contribution in [1.82, 2.24) is 4.98 Å². The molecule has 0 atom stereocenters. The average molecular weight is 426 g/mol. The van der Waals surface area contributed by atoms with E-state index in [0.717, 1.165) is 12.1 Å². The van der Waals surface area contributed by atoms with Crippen LogP contribution in [0.25, 0.3) is 0 Å². The predicted molar refractivity (Wildman–Crippen MR) is 112 cm³/mol. The van der Waals surface area contributed by atoms with Crippen LogP contribution < -0.4 is 10.3 Å². The third kappa shape index (κ3) is 4.62. The van der Waals surface area contributed by atoms with Gasteiger partial charge in [0.1, 0.15) is 5.69 Å². The summed E-state index contributed by atoms with van der Waals surface area (Å²) in [7, 11) is 0. The fraction of sp³-hybridized carbons (Fsp3) is 0.0556. The van der Waals surface area contributed by atoms with E-state index in [2.05, 4.69) is 15.5 Å². The van der Waals surface area contributed by atoms with Crippen LogP contribution in [0.15, 0.2) is 59.0 Å². The average Bonchev–Trinajstić information content (AvgIpc) is 3.16. The number of nitro groups is 2. The summed E-state index contributed by atoms with van der Waals surface area (Å²) < 4.78 is 0. The zero-order chi connectivity index (χ0) is 21.7. The number of rotatable bonds is 7. The molecule has 1 aromatic heterocycles. The van der Waals surface area contributed by atoms with Gasteiger partial charge in [-0.1, -0.05) is 18.2 Å². The van der Waals surface area contributed by atoms with Crippen molar-refractivity contribution < 1.29 is 14.6 Å². The fourth-order valence-electron chi connectivity index (χ4n) is 2.49. The van der Waals surface area contributed by atoms with Crippen molar-refractivity contribution in [2.45, 2.75) is 6.92 Å². The molecular weight excluding hydrogens is 412 g/mol. The first kappa shape index (κ1) is 20.5. The van der Waals surface area contributed by atoms with Crippen molar-refractivity contribution in [3.8, 4) is 0 Å². The monoisotopic (exact) mass is 426 g/mol. The number of amides is 1. The Hall–Kier alpha value is -4.19. The van der Waals surface area contributed by atoms with Gasteiger partial charge in [0.15, 0.2) is 5.13 Å². The van der Waals surface area contributed by atoms with E-state index in [0.29, 0.717) is 16.5 Å². The minimum absolute atomic E-state index is 0.00745. The molecule has 0 fully saturated rings. The van der Waals surface area contributed by atoms with Gasteiger partial charge >= 0.3 is 5.69 Å². The van der Waals surface area contributed by atoms with Crippen LogP contribution in [0, 0.1) is 20.2 Å². The van der Waals surface area contributed by atoms with Crippen LogP contribution in [0.5, 0.6) is 0 Å². The number of carbonyl (C=O) groups is 1. The van der Waals surface area contributed by atoms with Crippen LogP contribution >= 0.6 is 11.3 Å². The van der Waals surface area contributed by atoms with Crippen molar-refractivity contribution >= 4 is 51.3 Å². The SMILES string of the molecule is CC(=O)N(c1ccccc1)c1nc(/C=N/Nc2ccc([N+](=O)[O-])cc2[N+](=O)[O-])cs1. The summed E-state index contributed by atoms with van der Waals surface area (Å²) in [5.41, 5.74) is 2.70. The molecule has 152 valence electrons. The first-order chi connectivity index (χ1) is 14.4. The van der Waals surface area contributed by atoms with E-state index in [1.807, 2.05) is 18.2 Å². The Morgan fingerprint density at radius 3 is 2.53 bits per heavy atom. The molecule has 1 heterocycles. The Kier molecular flexibility index (Phi) is 6.08. The molecule has 3 aromatic rings. The molecule has 1 N–H and O–H groups in total. The van der Waals surface area contributed by atoms with Crippen LogP contribution in [0.3, 0.4) is 0 Å². The van der Waals surface area contributed by atoms with Crippen LogP contribution in [0.4, 0.5) is 27.9 Å². The molecule has 0 aliphatic heterocycles. The summed E-state index contributed by atoms with van der Waals surface area (Å²) in [6.07, 6.45) is 1.33. The second kappa shape index (κ2) is 8.87. The summed E-state index contributed by atoms with van der Waals surface area (Å²) in [5, 5.41) is 28.0. The van der Waals surface area contributed by atoms with Gasteiger partial charge in [-0.25, -0.2) is 4.98 Å². The molecule has 11 nitrogen and oxygen atoms in total. The van der Waals surface area contributed by atoms with Gasteiger partial charge in [0.05, 0.1) is 33.5 Å². The van der Waals surface area contributed by atoms with Gasteiger partial charge in [0.25, 0.3) is 5.69 Å². The number of nitrogens with one attached hydrogen (secondary N) is 1. The van der Waals surface area contributed by atoms with Gasteiger partial charge in [0.2, 0.25) is 5.91 Å². The van der Waals surface area contributed by atoms with E-state index in [1.165, 1.54) is 35.4 Å².